The van der Waals surface area contributed by atoms with Crippen molar-refractivity contribution in [3.63, 3.8) is 0 Å². The van der Waals surface area contributed by atoms with Gasteiger partial charge in [-0.25, -0.2) is 14.6 Å². The number of aromatic nitrogens is 1. The number of unbranched alkanes of at least 4 members (excludes halogenated alkanes) is 2. The van der Waals surface area contributed by atoms with Crippen molar-refractivity contribution in [1.29, 1.82) is 0 Å². The topological polar surface area (TPSA) is 71.5 Å². The van der Waals surface area contributed by atoms with E-state index in [1.807, 2.05) is 0 Å². The Morgan fingerprint density at radius 1 is 1.21 bits per heavy atom. The zero-order valence-corrected chi connectivity index (χ0v) is 18.2. The van der Waals surface area contributed by atoms with Gasteiger partial charge in [0.1, 0.15) is 5.01 Å². The number of carbonyl (C=O) groups is 2. The van der Waals surface area contributed by atoms with Crippen LogP contribution in [-0.4, -0.2) is 35.0 Å². The number of rotatable bonds is 9. The first-order valence-electron chi connectivity index (χ1n) is 9.07. The third kappa shape index (κ3) is 6.65. The fraction of sp³-hybridized carbons (Fsp3) is 0.421. The Morgan fingerprint density at radius 3 is 2.68 bits per heavy atom. The third-order valence-electron chi connectivity index (χ3n) is 3.85. The van der Waals surface area contributed by atoms with E-state index in [9.17, 15) is 9.59 Å². The molecule has 2 rings (SSSR count). The molecule has 0 aliphatic carbocycles. The highest BCUT2D eigenvalue weighted by atomic mass is 35.5. The first-order chi connectivity index (χ1) is 13.4. The molecule has 1 heterocycles. The lowest BCUT2D eigenvalue weighted by atomic mass is 10.2. The van der Waals surface area contributed by atoms with Crippen LogP contribution in [0.2, 0.25) is 10.0 Å². The summed E-state index contributed by atoms with van der Waals surface area (Å²) in [5.74, 6) is -0.456. The van der Waals surface area contributed by atoms with E-state index in [0.29, 0.717) is 40.4 Å². The van der Waals surface area contributed by atoms with Crippen LogP contribution >= 0.6 is 34.5 Å². The Kier molecular flexibility index (Phi) is 9.02. The standard InChI is InChI=1S/C19H23Cl2N3O3S/c1-3-5-6-9-24(11-17-23-16(12-28-17)18(25)27-4-2)19(26)22-13-7-8-14(20)15(21)10-13/h7-8,10,12H,3-6,9,11H2,1-2H3,(H,22,26). The number of nitrogens with one attached hydrogen (secondary N) is 1. The van der Waals surface area contributed by atoms with Crippen LogP contribution in [0.15, 0.2) is 23.6 Å². The van der Waals surface area contributed by atoms with Gasteiger partial charge >= 0.3 is 12.0 Å². The molecule has 0 aliphatic heterocycles. The molecular weight excluding hydrogens is 421 g/mol. The SMILES string of the molecule is CCCCCN(Cc1nc(C(=O)OCC)cs1)C(=O)Nc1ccc(Cl)c(Cl)c1. The molecule has 1 aromatic heterocycles. The molecule has 0 aliphatic rings. The fourth-order valence-electron chi connectivity index (χ4n) is 2.43. The van der Waals surface area contributed by atoms with Crippen LogP contribution in [0.5, 0.6) is 0 Å². The van der Waals surface area contributed by atoms with E-state index in [-0.39, 0.29) is 11.7 Å². The minimum Gasteiger partial charge on any atom is -0.461 e. The van der Waals surface area contributed by atoms with Gasteiger partial charge in [0, 0.05) is 17.6 Å². The molecular formula is C19H23Cl2N3O3S. The number of urea groups is 1. The molecule has 0 saturated heterocycles. The average Bonchev–Trinajstić information content (AvgIpc) is 3.13. The highest BCUT2D eigenvalue weighted by Gasteiger charge is 2.18. The third-order valence-corrected chi connectivity index (χ3v) is 5.42. The summed E-state index contributed by atoms with van der Waals surface area (Å²) in [7, 11) is 0. The van der Waals surface area contributed by atoms with E-state index < -0.39 is 5.97 Å². The number of carbonyl (C=O) groups excluding carboxylic acids is 2. The van der Waals surface area contributed by atoms with Gasteiger partial charge in [0.15, 0.2) is 5.69 Å². The molecule has 0 saturated carbocycles. The molecule has 2 aromatic rings. The summed E-state index contributed by atoms with van der Waals surface area (Å²) in [6.45, 7) is 5.03. The average molecular weight is 444 g/mol. The van der Waals surface area contributed by atoms with Crippen molar-refractivity contribution in [3.05, 3.63) is 44.3 Å². The maximum atomic E-state index is 12.8. The molecule has 2 amide bonds. The highest BCUT2D eigenvalue weighted by Crippen LogP contribution is 2.25. The summed E-state index contributed by atoms with van der Waals surface area (Å²) < 4.78 is 4.96. The van der Waals surface area contributed by atoms with Gasteiger partial charge < -0.3 is 15.0 Å². The molecule has 1 N–H and O–H groups in total. The Balaban J connectivity index is 2.08. The van der Waals surface area contributed by atoms with Crippen LogP contribution < -0.4 is 5.32 Å². The number of amides is 2. The molecule has 0 radical (unpaired) electrons. The maximum absolute atomic E-state index is 12.8. The molecule has 1 aromatic carbocycles. The Bertz CT molecular complexity index is 813. The van der Waals surface area contributed by atoms with Gasteiger partial charge in [-0.15, -0.1) is 11.3 Å². The Hall–Kier alpha value is -1.83. The van der Waals surface area contributed by atoms with Gasteiger partial charge in [-0.3, -0.25) is 0 Å². The van der Waals surface area contributed by atoms with Gasteiger partial charge in [-0.1, -0.05) is 43.0 Å². The van der Waals surface area contributed by atoms with Crippen molar-refractivity contribution >= 4 is 52.2 Å². The number of halogens is 2. The zero-order chi connectivity index (χ0) is 20.5. The predicted molar refractivity (Wildman–Crippen MR) is 113 cm³/mol. The summed E-state index contributed by atoms with van der Waals surface area (Å²) in [6.07, 6.45) is 2.94. The smallest absolute Gasteiger partial charge is 0.357 e. The molecule has 0 spiro atoms. The van der Waals surface area contributed by atoms with Gasteiger partial charge in [0.2, 0.25) is 0 Å². The van der Waals surface area contributed by atoms with Gasteiger partial charge in [0.05, 0.1) is 23.2 Å². The number of thiazole rings is 1. The monoisotopic (exact) mass is 443 g/mol. The molecule has 0 atom stereocenters. The second-order valence-electron chi connectivity index (χ2n) is 6.03. The Morgan fingerprint density at radius 2 is 2.00 bits per heavy atom. The van der Waals surface area contributed by atoms with E-state index in [4.69, 9.17) is 27.9 Å². The molecule has 9 heteroatoms. The fourth-order valence-corrected chi connectivity index (χ4v) is 3.50. The second-order valence-corrected chi connectivity index (χ2v) is 7.79. The summed E-state index contributed by atoms with van der Waals surface area (Å²) in [6, 6.07) is 4.67. The molecule has 28 heavy (non-hydrogen) atoms. The molecule has 0 bridgehead atoms. The molecule has 152 valence electrons. The number of hydrogen-bond donors (Lipinski definition) is 1. The summed E-state index contributed by atoms with van der Waals surface area (Å²) in [5.41, 5.74) is 0.825. The predicted octanol–water partition coefficient (Wildman–Crippen LogP) is 5.85. The van der Waals surface area contributed by atoms with E-state index in [0.717, 1.165) is 19.3 Å². The molecule has 0 fully saturated rings. The first kappa shape index (κ1) is 22.5. The van der Waals surface area contributed by atoms with Gasteiger partial charge in [-0.2, -0.15) is 0 Å². The number of benzene rings is 1. The van der Waals surface area contributed by atoms with E-state index in [1.54, 1.807) is 35.4 Å². The molecule has 0 unspecified atom stereocenters. The lowest BCUT2D eigenvalue weighted by molar-refractivity contribution is 0.0520. The van der Waals surface area contributed by atoms with Crippen molar-refractivity contribution < 1.29 is 14.3 Å². The zero-order valence-electron chi connectivity index (χ0n) is 15.8. The number of hydrogen-bond acceptors (Lipinski definition) is 5. The summed E-state index contributed by atoms with van der Waals surface area (Å²) >= 11 is 13.3. The minimum atomic E-state index is -0.456. The number of anilines is 1. The maximum Gasteiger partial charge on any atom is 0.357 e. The van der Waals surface area contributed by atoms with Gasteiger partial charge in [0.25, 0.3) is 0 Å². The lowest BCUT2D eigenvalue weighted by Crippen LogP contribution is -2.35. The molecule has 6 nitrogen and oxygen atoms in total. The van der Waals surface area contributed by atoms with Crippen LogP contribution in [0, 0.1) is 0 Å². The minimum absolute atomic E-state index is 0.262. The largest absolute Gasteiger partial charge is 0.461 e. The number of nitrogens with zero attached hydrogens (tertiary/aromatic N) is 2. The normalized spacial score (nSPS) is 10.6. The van der Waals surface area contributed by atoms with E-state index in [1.165, 1.54) is 11.3 Å². The van der Waals surface area contributed by atoms with Crippen LogP contribution in [-0.2, 0) is 11.3 Å². The Labute approximate surface area is 178 Å². The van der Waals surface area contributed by atoms with Crippen molar-refractivity contribution in [2.24, 2.45) is 0 Å². The number of ether oxygens (including phenoxy) is 1. The first-order valence-corrected chi connectivity index (χ1v) is 10.7. The van der Waals surface area contributed by atoms with E-state index in [2.05, 4.69) is 17.2 Å². The summed E-state index contributed by atoms with van der Waals surface area (Å²) in [4.78, 5) is 30.5. The van der Waals surface area contributed by atoms with Crippen molar-refractivity contribution in [1.82, 2.24) is 9.88 Å². The van der Waals surface area contributed by atoms with Crippen molar-refractivity contribution in [2.45, 2.75) is 39.7 Å². The van der Waals surface area contributed by atoms with Crippen LogP contribution in [0.25, 0.3) is 0 Å². The van der Waals surface area contributed by atoms with Crippen LogP contribution in [0.1, 0.15) is 48.6 Å². The summed E-state index contributed by atoms with van der Waals surface area (Å²) in [5, 5.41) is 5.95. The highest BCUT2D eigenvalue weighted by molar-refractivity contribution is 7.09. The van der Waals surface area contributed by atoms with Crippen LogP contribution in [0.4, 0.5) is 10.5 Å². The quantitative estimate of drug-likeness (QED) is 0.389. The van der Waals surface area contributed by atoms with Crippen molar-refractivity contribution in [3.8, 4) is 0 Å². The van der Waals surface area contributed by atoms with Gasteiger partial charge in [-0.05, 0) is 31.5 Å². The number of esters is 1. The van der Waals surface area contributed by atoms with Crippen LogP contribution in [0.3, 0.4) is 0 Å². The van der Waals surface area contributed by atoms with E-state index >= 15 is 0 Å². The van der Waals surface area contributed by atoms with Crippen molar-refractivity contribution in [2.75, 3.05) is 18.5 Å². The second kappa shape index (κ2) is 11.2. The lowest BCUT2D eigenvalue weighted by Gasteiger charge is -2.22.